The monoisotopic (exact) mass is 306 g/mol. The lowest BCUT2D eigenvalue weighted by Gasteiger charge is -2.36. The summed E-state index contributed by atoms with van der Waals surface area (Å²) in [6.45, 7) is 5.45. The van der Waals surface area contributed by atoms with Crippen LogP contribution in [0.5, 0.6) is 0 Å². The van der Waals surface area contributed by atoms with Crippen molar-refractivity contribution in [3.63, 3.8) is 0 Å². The van der Waals surface area contributed by atoms with Crippen molar-refractivity contribution in [2.24, 2.45) is 7.05 Å². The molecule has 0 unspecified atom stereocenters. The summed E-state index contributed by atoms with van der Waals surface area (Å²) >= 11 is 0. The van der Waals surface area contributed by atoms with Crippen LogP contribution in [0.3, 0.4) is 0 Å². The van der Waals surface area contributed by atoms with Crippen LogP contribution in [0, 0.1) is 0 Å². The van der Waals surface area contributed by atoms with Gasteiger partial charge in [-0.25, -0.2) is 14.6 Å². The van der Waals surface area contributed by atoms with E-state index in [1.165, 1.54) is 0 Å². The number of hydrogen-bond donors (Lipinski definition) is 1. The van der Waals surface area contributed by atoms with Gasteiger partial charge >= 0.3 is 12.1 Å². The standard InChI is InChI=1S/C14H22N6O2/c1-3-15-13(21)18-6-7-20-11(8-18)9-19(14(20)22)10-12-16-4-5-17(12)2/h4-5,11H,3,6-10H2,1-2H3,(H,15,21)/t11-/m1/s1. The van der Waals surface area contributed by atoms with E-state index in [9.17, 15) is 9.59 Å². The minimum Gasteiger partial charge on any atom is -0.338 e. The first-order valence-corrected chi connectivity index (χ1v) is 7.64. The van der Waals surface area contributed by atoms with Crippen molar-refractivity contribution in [1.82, 2.24) is 29.6 Å². The van der Waals surface area contributed by atoms with Gasteiger partial charge in [0.15, 0.2) is 0 Å². The van der Waals surface area contributed by atoms with E-state index in [0.29, 0.717) is 39.3 Å². The predicted octanol–water partition coefficient (Wildman–Crippen LogP) is 0.0714. The number of aryl methyl sites for hydroxylation is 1. The number of rotatable bonds is 3. The Bertz CT molecular complexity index is 571. The number of piperazine rings is 1. The van der Waals surface area contributed by atoms with Gasteiger partial charge in [-0.3, -0.25) is 0 Å². The zero-order valence-corrected chi connectivity index (χ0v) is 13.0. The Morgan fingerprint density at radius 2 is 2.23 bits per heavy atom. The van der Waals surface area contributed by atoms with Crippen LogP contribution in [0.2, 0.25) is 0 Å². The molecule has 8 nitrogen and oxygen atoms in total. The molecule has 120 valence electrons. The van der Waals surface area contributed by atoms with Gasteiger partial charge in [0.2, 0.25) is 0 Å². The molecule has 0 aliphatic carbocycles. The van der Waals surface area contributed by atoms with Gasteiger partial charge in [0.1, 0.15) is 5.82 Å². The molecule has 3 rings (SSSR count). The summed E-state index contributed by atoms with van der Waals surface area (Å²) in [5.74, 6) is 0.869. The van der Waals surface area contributed by atoms with Crippen molar-refractivity contribution in [2.45, 2.75) is 19.5 Å². The Balaban J connectivity index is 1.64. The molecule has 22 heavy (non-hydrogen) atoms. The normalized spacial score (nSPS) is 21.3. The van der Waals surface area contributed by atoms with Gasteiger partial charge in [-0.15, -0.1) is 0 Å². The number of carbonyl (C=O) groups excluding carboxylic acids is 2. The Morgan fingerprint density at radius 3 is 2.91 bits per heavy atom. The van der Waals surface area contributed by atoms with E-state index in [2.05, 4.69) is 10.3 Å². The lowest BCUT2D eigenvalue weighted by atomic mass is 10.2. The second-order valence-electron chi connectivity index (χ2n) is 5.75. The van der Waals surface area contributed by atoms with Crippen molar-refractivity contribution in [3.05, 3.63) is 18.2 Å². The van der Waals surface area contributed by atoms with Crippen LogP contribution in [-0.2, 0) is 13.6 Å². The molecule has 4 amide bonds. The van der Waals surface area contributed by atoms with Crippen LogP contribution >= 0.6 is 0 Å². The topological polar surface area (TPSA) is 73.7 Å². The highest BCUT2D eigenvalue weighted by molar-refractivity contribution is 5.79. The fraction of sp³-hybridized carbons (Fsp3) is 0.643. The first-order valence-electron chi connectivity index (χ1n) is 7.64. The number of carbonyl (C=O) groups is 2. The number of nitrogens with zero attached hydrogens (tertiary/aromatic N) is 5. The average Bonchev–Trinajstić information content (AvgIpc) is 3.04. The van der Waals surface area contributed by atoms with Gasteiger partial charge in [0.05, 0.1) is 12.6 Å². The zero-order chi connectivity index (χ0) is 15.7. The number of nitrogens with one attached hydrogen (secondary N) is 1. The quantitative estimate of drug-likeness (QED) is 0.859. The first-order chi connectivity index (χ1) is 10.6. The van der Waals surface area contributed by atoms with Crippen molar-refractivity contribution >= 4 is 12.1 Å². The van der Waals surface area contributed by atoms with E-state index in [1.54, 1.807) is 11.1 Å². The van der Waals surface area contributed by atoms with Crippen LogP contribution in [0.1, 0.15) is 12.7 Å². The largest absolute Gasteiger partial charge is 0.338 e. The first kappa shape index (κ1) is 14.7. The highest BCUT2D eigenvalue weighted by Gasteiger charge is 2.41. The van der Waals surface area contributed by atoms with Gasteiger partial charge in [-0.05, 0) is 6.92 Å². The number of aromatic nitrogens is 2. The Labute approximate surface area is 129 Å². The van der Waals surface area contributed by atoms with Crippen LogP contribution in [0.4, 0.5) is 9.59 Å². The number of urea groups is 2. The molecular formula is C14H22N6O2. The maximum absolute atomic E-state index is 12.5. The maximum atomic E-state index is 12.5. The summed E-state index contributed by atoms with van der Waals surface area (Å²) in [6, 6.07) is 0.0739. The molecule has 2 saturated heterocycles. The van der Waals surface area contributed by atoms with Crippen LogP contribution in [0.15, 0.2) is 12.4 Å². The van der Waals surface area contributed by atoms with Gasteiger partial charge in [-0.2, -0.15) is 0 Å². The van der Waals surface area contributed by atoms with Gasteiger partial charge in [0.25, 0.3) is 0 Å². The second-order valence-corrected chi connectivity index (χ2v) is 5.75. The van der Waals surface area contributed by atoms with Crippen molar-refractivity contribution in [1.29, 1.82) is 0 Å². The molecule has 1 atom stereocenters. The van der Waals surface area contributed by atoms with Crippen LogP contribution < -0.4 is 5.32 Å². The smallest absolute Gasteiger partial charge is 0.320 e. The summed E-state index contributed by atoms with van der Waals surface area (Å²) in [7, 11) is 1.92. The average molecular weight is 306 g/mol. The maximum Gasteiger partial charge on any atom is 0.320 e. The molecule has 2 aliphatic heterocycles. The third kappa shape index (κ3) is 2.60. The molecule has 1 N–H and O–H groups in total. The zero-order valence-electron chi connectivity index (χ0n) is 13.0. The fourth-order valence-electron chi connectivity index (χ4n) is 3.08. The predicted molar refractivity (Wildman–Crippen MR) is 80.2 cm³/mol. The van der Waals surface area contributed by atoms with E-state index in [0.717, 1.165) is 5.82 Å². The number of hydrogen-bond acceptors (Lipinski definition) is 3. The fourth-order valence-corrected chi connectivity index (χ4v) is 3.08. The van der Waals surface area contributed by atoms with E-state index in [1.807, 2.05) is 34.5 Å². The third-order valence-electron chi connectivity index (χ3n) is 4.30. The highest BCUT2D eigenvalue weighted by Crippen LogP contribution is 2.22. The molecule has 8 heteroatoms. The molecule has 0 aromatic carbocycles. The molecule has 1 aromatic heterocycles. The van der Waals surface area contributed by atoms with Crippen molar-refractivity contribution < 1.29 is 9.59 Å². The second kappa shape index (κ2) is 5.86. The molecule has 0 saturated carbocycles. The lowest BCUT2D eigenvalue weighted by molar-refractivity contribution is 0.129. The molecule has 0 bridgehead atoms. The van der Waals surface area contributed by atoms with E-state index in [4.69, 9.17) is 0 Å². The Hall–Kier alpha value is -2.25. The molecule has 1 aromatic rings. The summed E-state index contributed by atoms with van der Waals surface area (Å²) in [5.41, 5.74) is 0. The lowest BCUT2D eigenvalue weighted by Crippen LogP contribution is -2.55. The summed E-state index contributed by atoms with van der Waals surface area (Å²) < 4.78 is 1.92. The van der Waals surface area contributed by atoms with Gasteiger partial charge < -0.3 is 24.6 Å². The van der Waals surface area contributed by atoms with Crippen LogP contribution in [0.25, 0.3) is 0 Å². The minimum absolute atomic E-state index is 0.0443. The molecule has 0 spiro atoms. The van der Waals surface area contributed by atoms with Crippen molar-refractivity contribution in [3.8, 4) is 0 Å². The van der Waals surface area contributed by atoms with E-state index >= 15 is 0 Å². The molecule has 3 heterocycles. The summed E-state index contributed by atoms with van der Waals surface area (Å²) in [6.07, 6.45) is 3.61. The van der Waals surface area contributed by atoms with Crippen LogP contribution in [-0.4, -0.2) is 75.1 Å². The van der Waals surface area contributed by atoms with E-state index in [-0.39, 0.29) is 18.1 Å². The van der Waals surface area contributed by atoms with Gasteiger partial charge in [0, 0.05) is 52.2 Å². The number of amides is 4. The highest BCUT2D eigenvalue weighted by atomic mass is 16.2. The number of imidazole rings is 1. The molecule has 0 radical (unpaired) electrons. The Morgan fingerprint density at radius 1 is 1.41 bits per heavy atom. The summed E-state index contributed by atoms with van der Waals surface area (Å²) in [4.78, 5) is 34.2. The SMILES string of the molecule is CCNC(=O)N1CCN2C(=O)N(Cc3nccn3C)C[C@H]2C1. The number of fused-ring (bicyclic) bond motifs is 1. The van der Waals surface area contributed by atoms with Gasteiger partial charge in [-0.1, -0.05) is 0 Å². The van der Waals surface area contributed by atoms with Crippen molar-refractivity contribution in [2.75, 3.05) is 32.7 Å². The summed E-state index contributed by atoms with van der Waals surface area (Å²) in [5, 5.41) is 2.82. The Kier molecular flexibility index (Phi) is 3.91. The molecule has 2 fully saturated rings. The molecule has 2 aliphatic rings. The minimum atomic E-state index is -0.0443. The third-order valence-corrected chi connectivity index (χ3v) is 4.30. The molecular weight excluding hydrogens is 284 g/mol. The van der Waals surface area contributed by atoms with E-state index < -0.39 is 0 Å².